The number of carbonyl (C=O) groups is 1. The van der Waals surface area contributed by atoms with Crippen LogP contribution in [0.4, 0.5) is 17.6 Å². The third-order valence-corrected chi connectivity index (χ3v) is 5.39. The van der Waals surface area contributed by atoms with E-state index in [-0.39, 0.29) is 34.8 Å². The van der Waals surface area contributed by atoms with Crippen LogP contribution in [-0.2, 0) is 21.2 Å². The van der Waals surface area contributed by atoms with Crippen LogP contribution in [0.5, 0.6) is 0 Å². The molecule has 156 valence electrons. The van der Waals surface area contributed by atoms with Gasteiger partial charge in [0, 0.05) is 11.9 Å². The molecule has 30 heavy (non-hydrogen) atoms. The van der Waals surface area contributed by atoms with Gasteiger partial charge in [-0.15, -0.1) is 0 Å². The molecule has 0 unspecified atom stereocenters. The van der Waals surface area contributed by atoms with Crippen molar-refractivity contribution >= 4 is 33.4 Å². The molecule has 0 aliphatic heterocycles. The van der Waals surface area contributed by atoms with E-state index in [0.29, 0.717) is 5.56 Å². The zero-order valence-electron chi connectivity index (χ0n) is 16.7. The number of rotatable bonds is 6. The average molecular weight is 427 g/mol. The lowest BCUT2D eigenvalue weighted by Gasteiger charge is -2.10. The number of esters is 1. The smallest absolute Gasteiger partial charge is 0.338 e. The van der Waals surface area contributed by atoms with Crippen molar-refractivity contribution in [2.75, 3.05) is 17.3 Å². The molecular weight excluding hydrogens is 406 g/mol. The zero-order valence-corrected chi connectivity index (χ0v) is 17.5. The van der Waals surface area contributed by atoms with Gasteiger partial charge >= 0.3 is 5.97 Å². The number of nitrogens with zero attached hydrogens (tertiary/aromatic N) is 3. The third-order valence-electron chi connectivity index (χ3n) is 4.28. The molecule has 0 fully saturated rings. The van der Waals surface area contributed by atoms with E-state index in [2.05, 4.69) is 20.3 Å². The summed E-state index contributed by atoms with van der Waals surface area (Å²) < 4.78 is 28.8. The fourth-order valence-corrected chi connectivity index (χ4v) is 3.30. The van der Waals surface area contributed by atoms with Crippen molar-refractivity contribution < 1.29 is 17.9 Å². The predicted octanol–water partition coefficient (Wildman–Crippen LogP) is 2.57. The second-order valence-electron chi connectivity index (χ2n) is 6.70. The van der Waals surface area contributed by atoms with Crippen LogP contribution in [0.15, 0.2) is 47.4 Å². The Kier molecular flexibility index (Phi) is 5.97. The van der Waals surface area contributed by atoms with Crippen LogP contribution in [-0.4, -0.2) is 35.6 Å². The number of hydrogen-bond donors (Lipinski definition) is 2. The minimum absolute atomic E-state index is 0.0256. The molecular formula is C20H21N5O4S. The van der Waals surface area contributed by atoms with Crippen LogP contribution < -0.4 is 11.1 Å². The highest BCUT2D eigenvalue weighted by molar-refractivity contribution is 7.90. The van der Waals surface area contributed by atoms with Gasteiger partial charge < -0.3 is 15.8 Å². The Morgan fingerprint density at radius 1 is 1.07 bits per heavy atom. The maximum Gasteiger partial charge on any atom is 0.338 e. The van der Waals surface area contributed by atoms with Crippen LogP contribution >= 0.6 is 0 Å². The molecule has 0 atom stereocenters. The number of sulfone groups is 1. The molecule has 0 saturated carbocycles. The van der Waals surface area contributed by atoms with Gasteiger partial charge in [0.2, 0.25) is 11.9 Å². The molecule has 3 N–H and O–H groups in total. The Morgan fingerprint density at radius 3 is 2.50 bits per heavy atom. The summed E-state index contributed by atoms with van der Waals surface area (Å²) in [6.07, 6.45) is 1.07. The summed E-state index contributed by atoms with van der Waals surface area (Å²) in [5.41, 5.74) is 8.29. The van der Waals surface area contributed by atoms with E-state index in [0.717, 1.165) is 17.5 Å². The summed E-state index contributed by atoms with van der Waals surface area (Å²) in [5, 5.41) is 3.06. The van der Waals surface area contributed by atoms with Gasteiger partial charge in [-0.2, -0.15) is 15.0 Å². The standard InChI is InChI=1S/C20H21N5O4S/c1-12-8-9-14(30(3,27)28)10-15(12)18(26)29-11-17-23-19(21)25-20(24-17)22-16-7-5-4-6-13(16)2/h4-10H,11H2,1-3H3,(H3,21,22,23,24,25). The predicted molar refractivity (Wildman–Crippen MR) is 112 cm³/mol. The average Bonchev–Trinajstić information content (AvgIpc) is 2.67. The highest BCUT2D eigenvalue weighted by atomic mass is 32.2. The van der Waals surface area contributed by atoms with E-state index in [1.165, 1.54) is 12.1 Å². The molecule has 1 heterocycles. The van der Waals surface area contributed by atoms with Gasteiger partial charge in [-0.1, -0.05) is 24.3 Å². The molecule has 0 aliphatic carbocycles. The summed E-state index contributed by atoms with van der Waals surface area (Å²) in [4.78, 5) is 24.8. The van der Waals surface area contributed by atoms with Crippen molar-refractivity contribution in [1.29, 1.82) is 0 Å². The quantitative estimate of drug-likeness (QED) is 0.568. The minimum Gasteiger partial charge on any atom is -0.454 e. The molecule has 0 bridgehead atoms. The van der Waals surface area contributed by atoms with Crippen LogP contribution in [0.3, 0.4) is 0 Å². The van der Waals surface area contributed by atoms with Gasteiger partial charge in [0.25, 0.3) is 0 Å². The van der Waals surface area contributed by atoms with Crippen molar-refractivity contribution in [3.05, 3.63) is 65.0 Å². The van der Waals surface area contributed by atoms with Gasteiger partial charge in [0.1, 0.15) is 0 Å². The highest BCUT2D eigenvalue weighted by Crippen LogP contribution is 2.19. The van der Waals surface area contributed by atoms with Crippen LogP contribution in [0.1, 0.15) is 27.3 Å². The van der Waals surface area contributed by atoms with Crippen LogP contribution in [0, 0.1) is 13.8 Å². The van der Waals surface area contributed by atoms with Crippen molar-refractivity contribution in [1.82, 2.24) is 15.0 Å². The second kappa shape index (κ2) is 8.46. The molecule has 10 heteroatoms. The van der Waals surface area contributed by atoms with E-state index < -0.39 is 15.8 Å². The van der Waals surface area contributed by atoms with Gasteiger partial charge in [0.15, 0.2) is 22.3 Å². The molecule has 1 aromatic heterocycles. The highest BCUT2D eigenvalue weighted by Gasteiger charge is 2.16. The SMILES string of the molecule is Cc1ccccc1Nc1nc(N)nc(COC(=O)c2cc(S(C)(=O)=O)ccc2C)n1. The first-order chi connectivity index (χ1) is 14.1. The van der Waals surface area contributed by atoms with Crippen LogP contribution in [0.2, 0.25) is 0 Å². The zero-order chi connectivity index (χ0) is 21.9. The molecule has 3 aromatic rings. The first-order valence-corrected chi connectivity index (χ1v) is 10.8. The van der Waals surface area contributed by atoms with Gasteiger partial charge in [-0.25, -0.2) is 13.2 Å². The molecule has 0 amide bonds. The number of aromatic nitrogens is 3. The van der Waals surface area contributed by atoms with E-state index in [1.54, 1.807) is 13.0 Å². The molecule has 9 nitrogen and oxygen atoms in total. The topological polar surface area (TPSA) is 137 Å². The fourth-order valence-electron chi connectivity index (χ4n) is 2.65. The normalized spacial score (nSPS) is 11.2. The molecule has 0 aliphatic rings. The summed E-state index contributed by atoms with van der Waals surface area (Å²) in [6, 6.07) is 11.9. The number of ether oxygens (including phenoxy) is 1. The third kappa shape index (κ3) is 5.09. The first kappa shape index (κ1) is 21.2. The lowest BCUT2D eigenvalue weighted by Crippen LogP contribution is -2.12. The number of para-hydroxylation sites is 1. The van der Waals surface area contributed by atoms with E-state index in [1.807, 2.05) is 31.2 Å². The molecule has 0 spiro atoms. The Labute approximate surface area is 174 Å². The van der Waals surface area contributed by atoms with Gasteiger partial charge in [-0.3, -0.25) is 0 Å². The lowest BCUT2D eigenvalue weighted by atomic mass is 10.1. The molecule has 0 saturated heterocycles. The second-order valence-corrected chi connectivity index (χ2v) is 8.71. The monoisotopic (exact) mass is 427 g/mol. The van der Waals surface area contributed by atoms with Crippen molar-refractivity contribution in [3.63, 3.8) is 0 Å². The number of nitrogens with two attached hydrogens (primary N) is 1. The van der Waals surface area contributed by atoms with E-state index >= 15 is 0 Å². The number of aryl methyl sites for hydroxylation is 2. The lowest BCUT2D eigenvalue weighted by molar-refractivity contribution is 0.0461. The van der Waals surface area contributed by atoms with Crippen molar-refractivity contribution in [2.24, 2.45) is 0 Å². The van der Waals surface area contributed by atoms with Gasteiger partial charge in [0.05, 0.1) is 10.5 Å². The number of benzene rings is 2. The molecule has 0 radical (unpaired) electrons. The Morgan fingerprint density at radius 2 is 1.80 bits per heavy atom. The number of anilines is 3. The van der Waals surface area contributed by atoms with E-state index in [9.17, 15) is 13.2 Å². The Hall–Kier alpha value is -3.53. The maximum atomic E-state index is 12.5. The van der Waals surface area contributed by atoms with Gasteiger partial charge in [-0.05, 0) is 43.2 Å². The first-order valence-electron chi connectivity index (χ1n) is 8.94. The number of hydrogen-bond acceptors (Lipinski definition) is 9. The molecule has 3 rings (SSSR count). The summed E-state index contributed by atoms with van der Waals surface area (Å²) in [6.45, 7) is 3.37. The van der Waals surface area contributed by atoms with Crippen molar-refractivity contribution in [3.8, 4) is 0 Å². The Balaban J connectivity index is 1.77. The van der Waals surface area contributed by atoms with E-state index in [4.69, 9.17) is 10.5 Å². The largest absolute Gasteiger partial charge is 0.454 e. The molecule has 2 aromatic carbocycles. The van der Waals surface area contributed by atoms with Crippen LogP contribution in [0.25, 0.3) is 0 Å². The number of nitrogen functional groups attached to an aromatic ring is 1. The minimum atomic E-state index is -3.45. The number of carbonyl (C=O) groups excluding carboxylic acids is 1. The fraction of sp³-hybridized carbons (Fsp3) is 0.200. The summed E-state index contributed by atoms with van der Waals surface area (Å²) >= 11 is 0. The Bertz CT molecular complexity index is 1210. The maximum absolute atomic E-state index is 12.5. The number of nitrogens with one attached hydrogen (secondary N) is 1. The van der Waals surface area contributed by atoms with Crippen molar-refractivity contribution in [2.45, 2.75) is 25.3 Å². The summed E-state index contributed by atoms with van der Waals surface area (Å²) in [7, 11) is -3.45. The summed E-state index contributed by atoms with van der Waals surface area (Å²) in [5.74, 6) is -0.338.